The number of alkyl halides is 3. The molecule has 2 aromatic rings. The third kappa shape index (κ3) is 3.36. The van der Waals surface area contributed by atoms with Gasteiger partial charge in [0.2, 0.25) is 0 Å². The van der Waals surface area contributed by atoms with Crippen molar-refractivity contribution in [2.45, 2.75) is 12.4 Å². The van der Waals surface area contributed by atoms with Crippen LogP contribution in [0.15, 0.2) is 42.5 Å². The zero-order valence-corrected chi connectivity index (χ0v) is 12.9. The van der Waals surface area contributed by atoms with Crippen LogP contribution >= 0.6 is 11.6 Å². The smallest absolute Gasteiger partial charge is 0.275 e. The first-order chi connectivity index (χ1) is 10.1. The van der Waals surface area contributed by atoms with Crippen molar-refractivity contribution < 1.29 is 21.6 Å². The van der Waals surface area contributed by atoms with Gasteiger partial charge in [-0.2, -0.15) is 21.6 Å². The molecule has 0 heterocycles. The molecule has 8 heteroatoms. The van der Waals surface area contributed by atoms with Crippen molar-refractivity contribution in [2.24, 2.45) is 0 Å². The van der Waals surface area contributed by atoms with Crippen LogP contribution in [0.25, 0.3) is 11.1 Å². The number of rotatable bonds is 3. The fraction of sp³-hybridized carbons (Fsp3) is 0.143. The molecule has 0 saturated carbocycles. The molecule has 2 rings (SSSR count). The Labute approximate surface area is 130 Å². The molecular weight excluding hydrogens is 339 g/mol. The van der Waals surface area contributed by atoms with E-state index in [1.807, 2.05) is 0 Å². The van der Waals surface area contributed by atoms with Gasteiger partial charge in [-0.1, -0.05) is 41.9 Å². The summed E-state index contributed by atoms with van der Waals surface area (Å²) >= 11 is 5.84. The lowest BCUT2D eigenvalue weighted by Crippen LogP contribution is -2.30. The van der Waals surface area contributed by atoms with E-state index in [2.05, 4.69) is 0 Å². The standard InChI is InChI=1S/C14H11ClF3NO2S/c1-9-7-11(15)8-12(19-22(20,21)14(16,17)18)13(9)10-5-3-2-4-6-10/h2-8,19H,1H3. The second-order valence-electron chi connectivity index (χ2n) is 4.56. The Hall–Kier alpha value is -1.73. The molecule has 2 aromatic carbocycles. The quantitative estimate of drug-likeness (QED) is 0.881. The van der Waals surface area contributed by atoms with E-state index in [-0.39, 0.29) is 10.7 Å². The topological polar surface area (TPSA) is 46.2 Å². The summed E-state index contributed by atoms with van der Waals surface area (Å²) in [6, 6.07) is 11.2. The molecular formula is C14H11ClF3NO2S. The number of nitrogens with one attached hydrogen (secondary N) is 1. The average Bonchev–Trinajstić information content (AvgIpc) is 2.37. The molecule has 0 saturated heterocycles. The number of sulfonamides is 1. The van der Waals surface area contributed by atoms with Crippen LogP contribution in [-0.4, -0.2) is 13.9 Å². The van der Waals surface area contributed by atoms with Gasteiger partial charge in [-0.25, -0.2) is 0 Å². The lowest BCUT2D eigenvalue weighted by atomic mass is 9.99. The monoisotopic (exact) mass is 349 g/mol. The fourth-order valence-corrected chi connectivity index (χ4v) is 2.85. The molecule has 0 fully saturated rings. The van der Waals surface area contributed by atoms with Gasteiger partial charge in [0, 0.05) is 10.6 Å². The summed E-state index contributed by atoms with van der Waals surface area (Å²) < 4.78 is 62.0. The van der Waals surface area contributed by atoms with Crippen LogP contribution in [0.2, 0.25) is 5.02 Å². The highest BCUT2D eigenvalue weighted by molar-refractivity contribution is 7.93. The van der Waals surface area contributed by atoms with Crippen LogP contribution in [0.3, 0.4) is 0 Å². The third-order valence-corrected chi connectivity index (χ3v) is 4.23. The normalized spacial score (nSPS) is 12.2. The molecule has 118 valence electrons. The van der Waals surface area contributed by atoms with Crippen molar-refractivity contribution >= 4 is 27.3 Å². The largest absolute Gasteiger partial charge is 0.516 e. The van der Waals surface area contributed by atoms with Gasteiger partial charge in [-0.05, 0) is 30.2 Å². The van der Waals surface area contributed by atoms with Crippen LogP contribution < -0.4 is 4.72 Å². The number of anilines is 1. The van der Waals surface area contributed by atoms with Crippen LogP contribution in [-0.2, 0) is 10.0 Å². The fourth-order valence-electron chi connectivity index (χ4n) is 2.01. The second kappa shape index (κ2) is 5.81. The highest BCUT2D eigenvalue weighted by Crippen LogP contribution is 2.36. The van der Waals surface area contributed by atoms with E-state index in [0.29, 0.717) is 16.7 Å². The van der Waals surface area contributed by atoms with Crippen molar-refractivity contribution in [2.75, 3.05) is 4.72 Å². The summed E-state index contributed by atoms with van der Waals surface area (Å²) in [5.74, 6) is 0. The van der Waals surface area contributed by atoms with Gasteiger partial charge < -0.3 is 0 Å². The number of halogens is 4. The molecule has 0 bridgehead atoms. The molecule has 0 aliphatic rings. The maximum absolute atomic E-state index is 12.6. The first-order valence-corrected chi connectivity index (χ1v) is 7.92. The molecule has 0 radical (unpaired) electrons. The van der Waals surface area contributed by atoms with Crippen molar-refractivity contribution in [3.05, 3.63) is 53.1 Å². The van der Waals surface area contributed by atoms with Gasteiger partial charge in [0.05, 0.1) is 5.69 Å². The van der Waals surface area contributed by atoms with Crippen molar-refractivity contribution in [3.8, 4) is 11.1 Å². The summed E-state index contributed by atoms with van der Waals surface area (Å²) in [6.45, 7) is 1.64. The summed E-state index contributed by atoms with van der Waals surface area (Å²) in [6.07, 6.45) is 0. The Bertz CT molecular complexity index is 790. The molecule has 0 amide bonds. The Balaban J connectivity index is 2.62. The van der Waals surface area contributed by atoms with Crippen molar-refractivity contribution in [1.82, 2.24) is 0 Å². The Morgan fingerprint density at radius 2 is 1.68 bits per heavy atom. The van der Waals surface area contributed by atoms with E-state index in [9.17, 15) is 21.6 Å². The summed E-state index contributed by atoms with van der Waals surface area (Å²) in [5, 5.41) is 0.136. The van der Waals surface area contributed by atoms with Gasteiger partial charge in [0.1, 0.15) is 0 Å². The lowest BCUT2D eigenvalue weighted by Gasteiger charge is -2.17. The Morgan fingerprint density at radius 1 is 1.09 bits per heavy atom. The lowest BCUT2D eigenvalue weighted by molar-refractivity contribution is -0.0429. The SMILES string of the molecule is Cc1cc(Cl)cc(NS(=O)(=O)C(F)(F)F)c1-c1ccccc1. The van der Waals surface area contributed by atoms with Crippen molar-refractivity contribution in [1.29, 1.82) is 0 Å². The van der Waals surface area contributed by atoms with Crippen LogP contribution in [0.1, 0.15) is 5.56 Å². The van der Waals surface area contributed by atoms with E-state index in [4.69, 9.17) is 11.6 Å². The average molecular weight is 350 g/mol. The van der Waals surface area contributed by atoms with E-state index >= 15 is 0 Å². The van der Waals surface area contributed by atoms with Gasteiger partial charge in [-0.15, -0.1) is 0 Å². The highest BCUT2D eigenvalue weighted by Gasteiger charge is 2.46. The minimum absolute atomic E-state index is 0.136. The van der Waals surface area contributed by atoms with Crippen LogP contribution in [0, 0.1) is 6.92 Å². The van der Waals surface area contributed by atoms with Gasteiger partial charge in [0.25, 0.3) is 0 Å². The highest BCUT2D eigenvalue weighted by atomic mass is 35.5. The van der Waals surface area contributed by atoms with Crippen LogP contribution in [0.5, 0.6) is 0 Å². The molecule has 0 unspecified atom stereocenters. The van der Waals surface area contributed by atoms with E-state index in [1.54, 1.807) is 48.0 Å². The third-order valence-electron chi connectivity index (χ3n) is 2.91. The number of hydrogen-bond donors (Lipinski definition) is 1. The predicted octanol–water partition coefficient (Wildman–Crippen LogP) is 4.58. The second-order valence-corrected chi connectivity index (χ2v) is 6.67. The molecule has 3 nitrogen and oxygen atoms in total. The Morgan fingerprint density at radius 3 is 2.23 bits per heavy atom. The van der Waals surface area contributed by atoms with E-state index in [0.717, 1.165) is 6.07 Å². The summed E-state index contributed by atoms with van der Waals surface area (Å²) in [5.41, 5.74) is -4.14. The van der Waals surface area contributed by atoms with E-state index in [1.165, 1.54) is 0 Å². The zero-order valence-electron chi connectivity index (χ0n) is 11.3. The van der Waals surface area contributed by atoms with Gasteiger partial charge >= 0.3 is 15.5 Å². The van der Waals surface area contributed by atoms with E-state index < -0.39 is 15.5 Å². The van der Waals surface area contributed by atoms with Gasteiger partial charge in [0.15, 0.2) is 0 Å². The molecule has 0 aliphatic carbocycles. The molecule has 0 aromatic heterocycles. The molecule has 0 spiro atoms. The first-order valence-electron chi connectivity index (χ1n) is 6.06. The summed E-state index contributed by atoms with van der Waals surface area (Å²) in [7, 11) is -5.52. The van der Waals surface area contributed by atoms with Gasteiger partial charge in [-0.3, -0.25) is 4.72 Å². The molecule has 0 aliphatic heterocycles. The maximum Gasteiger partial charge on any atom is 0.516 e. The predicted molar refractivity (Wildman–Crippen MR) is 80.2 cm³/mol. The van der Waals surface area contributed by atoms with Crippen molar-refractivity contribution in [3.63, 3.8) is 0 Å². The zero-order chi connectivity index (χ0) is 16.5. The molecule has 0 atom stereocenters. The minimum atomic E-state index is -5.52. The first kappa shape index (κ1) is 16.6. The van der Waals surface area contributed by atoms with Crippen LogP contribution in [0.4, 0.5) is 18.9 Å². The number of benzene rings is 2. The maximum atomic E-state index is 12.6. The number of hydrogen-bond acceptors (Lipinski definition) is 2. The minimum Gasteiger partial charge on any atom is -0.275 e. The molecule has 22 heavy (non-hydrogen) atoms. The summed E-state index contributed by atoms with van der Waals surface area (Å²) in [4.78, 5) is 0. The Kier molecular flexibility index (Phi) is 4.39. The molecule has 1 N–H and O–H groups in total. The number of aryl methyl sites for hydroxylation is 1.